The zero-order valence-corrected chi connectivity index (χ0v) is 15.3. The molecule has 1 aromatic heterocycles. The lowest BCUT2D eigenvalue weighted by Crippen LogP contribution is -2.23. The summed E-state index contributed by atoms with van der Waals surface area (Å²) in [5.41, 5.74) is 1.10. The normalized spacial score (nSPS) is 12.0. The first kappa shape index (κ1) is 18.2. The van der Waals surface area contributed by atoms with Gasteiger partial charge in [0.15, 0.2) is 5.82 Å². The summed E-state index contributed by atoms with van der Waals surface area (Å²) in [7, 11) is 0. The molecule has 134 valence electrons. The number of nitrogens with one attached hydrogen (secondary N) is 1. The smallest absolute Gasteiger partial charge is 0.237 e. The molecule has 6 nitrogen and oxygen atoms in total. The first-order valence-electron chi connectivity index (χ1n) is 7.63. The van der Waals surface area contributed by atoms with Crippen LogP contribution in [0.3, 0.4) is 0 Å². The maximum atomic E-state index is 13.2. The number of nitrogens with zero attached hydrogens (tertiary/aromatic N) is 3. The first-order valence-corrected chi connectivity index (χ1v) is 8.89. The largest absolute Gasteiger partial charge is 0.335 e. The molecule has 0 aliphatic carbocycles. The maximum absolute atomic E-state index is 13.2. The molecule has 3 N–H and O–H groups in total. The Morgan fingerprint density at radius 1 is 1.27 bits per heavy atom. The maximum Gasteiger partial charge on any atom is 0.237 e. The number of hydrogen-bond acceptors (Lipinski definition) is 5. The van der Waals surface area contributed by atoms with Crippen molar-refractivity contribution < 1.29 is 9.18 Å². The van der Waals surface area contributed by atoms with Crippen LogP contribution in [0.4, 0.5) is 10.1 Å². The van der Waals surface area contributed by atoms with Crippen LogP contribution in [0.5, 0.6) is 0 Å². The Kier molecular flexibility index (Phi) is 5.43. The molecule has 0 aliphatic rings. The fourth-order valence-electron chi connectivity index (χ4n) is 2.20. The van der Waals surface area contributed by atoms with Gasteiger partial charge in [0.2, 0.25) is 11.1 Å². The monoisotopic (exact) mass is 391 g/mol. The van der Waals surface area contributed by atoms with E-state index >= 15 is 0 Å². The highest BCUT2D eigenvalue weighted by Crippen LogP contribution is 2.26. The number of carbonyl (C=O) groups is 1. The van der Waals surface area contributed by atoms with Gasteiger partial charge in [-0.1, -0.05) is 41.6 Å². The van der Waals surface area contributed by atoms with Crippen molar-refractivity contribution in [3.05, 3.63) is 59.4 Å². The molecule has 1 unspecified atom stereocenters. The fourth-order valence-corrected chi connectivity index (χ4v) is 3.16. The topological polar surface area (TPSA) is 85.8 Å². The predicted octanol–water partition coefficient (Wildman–Crippen LogP) is 3.57. The SMILES string of the molecule is CC(Sc1nnc(-c2cccc(Cl)c2)n1N)C(=O)Nc1cccc(F)c1. The minimum absolute atomic E-state index is 0.298. The summed E-state index contributed by atoms with van der Waals surface area (Å²) < 4.78 is 14.5. The molecule has 2 aromatic carbocycles. The molecule has 1 heterocycles. The van der Waals surface area contributed by atoms with E-state index in [1.165, 1.54) is 22.9 Å². The molecule has 0 aliphatic heterocycles. The van der Waals surface area contributed by atoms with Gasteiger partial charge < -0.3 is 11.2 Å². The molecule has 9 heteroatoms. The van der Waals surface area contributed by atoms with E-state index in [4.69, 9.17) is 17.4 Å². The van der Waals surface area contributed by atoms with E-state index in [-0.39, 0.29) is 5.91 Å². The van der Waals surface area contributed by atoms with Crippen LogP contribution in [-0.4, -0.2) is 26.0 Å². The number of benzene rings is 2. The zero-order chi connectivity index (χ0) is 18.7. The van der Waals surface area contributed by atoms with Gasteiger partial charge in [-0.25, -0.2) is 9.07 Å². The number of thioether (sulfide) groups is 1. The molecular weight excluding hydrogens is 377 g/mol. The lowest BCUT2D eigenvalue weighted by Gasteiger charge is -2.11. The molecule has 0 radical (unpaired) electrons. The second-order valence-electron chi connectivity index (χ2n) is 5.45. The molecule has 0 saturated carbocycles. The number of halogens is 2. The van der Waals surface area contributed by atoms with E-state index in [0.717, 1.165) is 17.3 Å². The molecule has 3 aromatic rings. The van der Waals surface area contributed by atoms with Gasteiger partial charge in [-0.15, -0.1) is 10.2 Å². The van der Waals surface area contributed by atoms with Gasteiger partial charge in [0.25, 0.3) is 0 Å². The average Bonchev–Trinajstić information content (AvgIpc) is 2.95. The Morgan fingerprint density at radius 3 is 2.77 bits per heavy atom. The van der Waals surface area contributed by atoms with Crippen molar-refractivity contribution >= 4 is 35.0 Å². The summed E-state index contributed by atoms with van der Waals surface area (Å²) in [6.07, 6.45) is 0. The second-order valence-corrected chi connectivity index (χ2v) is 7.19. The number of hydrogen-bond donors (Lipinski definition) is 2. The van der Waals surface area contributed by atoms with Crippen molar-refractivity contribution in [3.8, 4) is 11.4 Å². The van der Waals surface area contributed by atoms with Crippen LogP contribution in [0.25, 0.3) is 11.4 Å². The molecule has 26 heavy (non-hydrogen) atoms. The quantitative estimate of drug-likeness (QED) is 0.513. The number of amides is 1. The highest BCUT2D eigenvalue weighted by atomic mass is 35.5. The third kappa shape index (κ3) is 4.14. The van der Waals surface area contributed by atoms with Crippen molar-refractivity contribution in [1.29, 1.82) is 0 Å². The highest BCUT2D eigenvalue weighted by molar-refractivity contribution is 8.00. The van der Waals surface area contributed by atoms with Crippen LogP contribution in [0.1, 0.15) is 6.92 Å². The van der Waals surface area contributed by atoms with Crippen LogP contribution >= 0.6 is 23.4 Å². The molecular formula is C17H15ClFN5OS. The Balaban J connectivity index is 1.71. The Hall–Kier alpha value is -2.58. The van der Waals surface area contributed by atoms with Crippen LogP contribution in [-0.2, 0) is 4.79 Å². The summed E-state index contributed by atoms with van der Waals surface area (Å²) >= 11 is 7.13. The average molecular weight is 392 g/mol. The summed E-state index contributed by atoms with van der Waals surface area (Å²) in [6.45, 7) is 1.70. The van der Waals surface area contributed by atoms with Gasteiger partial charge in [-0.05, 0) is 37.3 Å². The molecule has 1 atom stereocenters. The van der Waals surface area contributed by atoms with Crippen molar-refractivity contribution in [1.82, 2.24) is 14.9 Å². The Labute approximate surface area is 158 Å². The highest BCUT2D eigenvalue weighted by Gasteiger charge is 2.20. The van der Waals surface area contributed by atoms with Crippen molar-refractivity contribution in [2.45, 2.75) is 17.3 Å². The van der Waals surface area contributed by atoms with Gasteiger partial charge in [-0.2, -0.15) is 0 Å². The van der Waals surface area contributed by atoms with Gasteiger partial charge in [0, 0.05) is 16.3 Å². The number of anilines is 1. The minimum atomic E-state index is -0.517. The third-order valence-corrected chi connectivity index (χ3v) is 4.78. The summed E-state index contributed by atoms with van der Waals surface area (Å²) in [6, 6.07) is 12.8. The molecule has 1 amide bonds. The summed E-state index contributed by atoms with van der Waals surface area (Å²) in [5.74, 6) is 5.77. The number of nitrogens with two attached hydrogens (primary N) is 1. The van der Waals surface area contributed by atoms with E-state index in [2.05, 4.69) is 15.5 Å². The van der Waals surface area contributed by atoms with E-state index < -0.39 is 11.1 Å². The summed E-state index contributed by atoms with van der Waals surface area (Å²) in [5, 5.41) is 11.2. The molecule has 0 bridgehead atoms. The van der Waals surface area contributed by atoms with Gasteiger partial charge in [0.05, 0.1) is 5.25 Å². The van der Waals surface area contributed by atoms with Crippen LogP contribution in [0.15, 0.2) is 53.7 Å². The zero-order valence-electron chi connectivity index (χ0n) is 13.7. The summed E-state index contributed by atoms with van der Waals surface area (Å²) in [4.78, 5) is 12.3. The third-order valence-electron chi connectivity index (χ3n) is 3.49. The number of aromatic nitrogens is 3. The lowest BCUT2D eigenvalue weighted by atomic mass is 10.2. The molecule has 0 saturated heterocycles. The number of nitrogen functional groups attached to an aromatic ring is 1. The van der Waals surface area contributed by atoms with E-state index in [9.17, 15) is 9.18 Å². The fraction of sp³-hybridized carbons (Fsp3) is 0.118. The van der Waals surface area contributed by atoms with Gasteiger partial charge in [-0.3, -0.25) is 4.79 Å². The van der Waals surface area contributed by atoms with Crippen LogP contribution < -0.4 is 11.2 Å². The van der Waals surface area contributed by atoms with Crippen molar-refractivity contribution in [2.24, 2.45) is 0 Å². The molecule has 0 spiro atoms. The van der Waals surface area contributed by atoms with E-state index in [0.29, 0.717) is 21.7 Å². The van der Waals surface area contributed by atoms with Crippen molar-refractivity contribution in [2.75, 3.05) is 11.2 Å². The number of carbonyl (C=O) groups excluding carboxylic acids is 1. The Morgan fingerprint density at radius 2 is 2.04 bits per heavy atom. The Bertz CT molecular complexity index is 948. The van der Waals surface area contributed by atoms with Gasteiger partial charge >= 0.3 is 0 Å². The predicted molar refractivity (Wildman–Crippen MR) is 101 cm³/mol. The van der Waals surface area contributed by atoms with Crippen LogP contribution in [0.2, 0.25) is 5.02 Å². The first-order chi connectivity index (χ1) is 12.4. The molecule has 3 rings (SSSR count). The van der Waals surface area contributed by atoms with Gasteiger partial charge in [0.1, 0.15) is 5.82 Å². The lowest BCUT2D eigenvalue weighted by molar-refractivity contribution is -0.115. The van der Waals surface area contributed by atoms with Crippen molar-refractivity contribution in [3.63, 3.8) is 0 Å². The van der Waals surface area contributed by atoms with Crippen LogP contribution in [0, 0.1) is 5.82 Å². The number of rotatable bonds is 5. The second kappa shape index (κ2) is 7.76. The molecule has 0 fully saturated rings. The van der Waals surface area contributed by atoms with E-state index in [1.807, 2.05) is 6.07 Å². The van der Waals surface area contributed by atoms with E-state index in [1.54, 1.807) is 31.2 Å². The minimum Gasteiger partial charge on any atom is -0.335 e. The standard InChI is InChI=1S/C17H15ClFN5OS/c1-10(16(25)21-14-7-3-6-13(19)9-14)26-17-23-22-15(24(17)20)11-4-2-5-12(18)8-11/h2-10H,20H2,1H3,(H,21,25).